The first-order valence-corrected chi connectivity index (χ1v) is 8.26. The maximum absolute atomic E-state index is 12.6. The van der Waals surface area contributed by atoms with E-state index in [1.54, 1.807) is 41.2 Å². The van der Waals surface area contributed by atoms with E-state index in [1.165, 1.54) is 12.1 Å². The van der Waals surface area contributed by atoms with Crippen LogP contribution in [0.3, 0.4) is 0 Å². The van der Waals surface area contributed by atoms with Crippen LogP contribution in [0.5, 0.6) is 17.2 Å². The fraction of sp³-hybridized carbons (Fsp3) is 0.0476. The van der Waals surface area contributed by atoms with Gasteiger partial charge in [-0.1, -0.05) is 12.1 Å². The van der Waals surface area contributed by atoms with E-state index < -0.39 is 5.63 Å². The molecule has 0 radical (unpaired) electrons. The number of aromatic nitrogens is 1. The molecule has 0 fully saturated rings. The number of nitrogens with zero attached hydrogens (tertiary/aromatic N) is 1. The quantitative estimate of drug-likeness (QED) is 0.289. The molecule has 0 atom stereocenters. The van der Waals surface area contributed by atoms with Gasteiger partial charge in [0.2, 0.25) is 0 Å². The molecule has 6 heteroatoms. The standard InChI is InChI=1S/C21H15NO5/c1-12-8-10-22(11-9-12)19-15(24)7-6-14(23)17(19)18-20(25)13-4-2-3-5-16(13)27-21(18)26/h2-11H,1H3,(H2-,23,24,25,26)/p+1. The lowest BCUT2D eigenvalue weighted by Crippen LogP contribution is -2.30. The van der Waals surface area contributed by atoms with E-state index in [2.05, 4.69) is 0 Å². The van der Waals surface area contributed by atoms with Crippen LogP contribution >= 0.6 is 0 Å². The summed E-state index contributed by atoms with van der Waals surface area (Å²) in [7, 11) is 0. The summed E-state index contributed by atoms with van der Waals surface area (Å²) in [5.74, 6) is -0.755. The van der Waals surface area contributed by atoms with Crippen LogP contribution in [-0.4, -0.2) is 15.3 Å². The van der Waals surface area contributed by atoms with Gasteiger partial charge in [-0.2, -0.15) is 4.57 Å². The van der Waals surface area contributed by atoms with Gasteiger partial charge < -0.3 is 19.7 Å². The van der Waals surface area contributed by atoms with Crippen molar-refractivity contribution in [2.75, 3.05) is 0 Å². The van der Waals surface area contributed by atoms with Gasteiger partial charge in [-0.05, 0) is 36.8 Å². The van der Waals surface area contributed by atoms with Crippen LogP contribution in [0.15, 0.2) is 70.1 Å². The minimum Gasteiger partial charge on any atom is -0.507 e. The smallest absolute Gasteiger partial charge is 0.348 e. The number of phenols is 2. The molecule has 4 rings (SSSR count). The summed E-state index contributed by atoms with van der Waals surface area (Å²) < 4.78 is 6.88. The van der Waals surface area contributed by atoms with E-state index in [1.807, 2.05) is 19.1 Å². The molecule has 6 nitrogen and oxygen atoms in total. The van der Waals surface area contributed by atoms with Gasteiger partial charge in [0.25, 0.3) is 5.69 Å². The number of phenolic OH excluding ortho intramolecular Hbond substituents is 2. The summed E-state index contributed by atoms with van der Waals surface area (Å²) >= 11 is 0. The van der Waals surface area contributed by atoms with Gasteiger partial charge in [0.05, 0.1) is 5.39 Å². The predicted octanol–water partition coefficient (Wildman–Crippen LogP) is 3.16. The lowest BCUT2D eigenvalue weighted by Gasteiger charge is -2.11. The van der Waals surface area contributed by atoms with Crippen molar-refractivity contribution in [1.29, 1.82) is 0 Å². The Bertz CT molecular complexity index is 1230. The number of hydrogen-bond donors (Lipinski definition) is 3. The first kappa shape index (κ1) is 16.7. The van der Waals surface area contributed by atoms with Crippen molar-refractivity contribution in [2.45, 2.75) is 6.92 Å². The third kappa shape index (κ3) is 2.67. The zero-order chi connectivity index (χ0) is 19.1. The highest BCUT2D eigenvalue weighted by atomic mass is 16.4. The molecule has 2 heterocycles. The summed E-state index contributed by atoms with van der Waals surface area (Å²) in [4.78, 5) is 12.6. The fourth-order valence-corrected chi connectivity index (χ4v) is 3.08. The van der Waals surface area contributed by atoms with E-state index in [0.717, 1.165) is 5.56 Å². The van der Waals surface area contributed by atoms with Crippen LogP contribution < -0.4 is 10.2 Å². The molecule has 0 amide bonds. The van der Waals surface area contributed by atoms with E-state index >= 15 is 0 Å². The summed E-state index contributed by atoms with van der Waals surface area (Å²) in [5, 5.41) is 32.0. The Labute approximate surface area is 153 Å². The molecule has 3 N–H and O–H groups in total. The Morgan fingerprint density at radius 3 is 2.26 bits per heavy atom. The molecule has 0 aliphatic carbocycles. The van der Waals surface area contributed by atoms with E-state index in [-0.39, 0.29) is 39.6 Å². The van der Waals surface area contributed by atoms with Gasteiger partial charge in [-0.15, -0.1) is 0 Å². The highest BCUT2D eigenvalue weighted by Crippen LogP contribution is 2.42. The predicted molar refractivity (Wildman–Crippen MR) is 99.2 cm³/mol. The minimum absolute atomic E-state index is 0.0131. The zero-order valence-corrected chi connectivity index (χ0v) is 14.4. The average molecular weight is 362 g/mol. The Morgan fingerprint density at radius 2 is 1.52 bits per heavy atom. The van der Waals surface area contributed by atoms with Gasteiger partial charge in [0.15, 0.2) is 18.1 Å². The van der Waals surface area contributed by atoms with Crippen LogP contribution in [0.25, 0.3) is 27.8 Å². The average Bonchev–Trinajstić information content (AvgIpc) is 2.65. The number of fused-ring (bicyclic) bond motifs is 1. The molecule has 0 saturated heterocycles. The Hall–Kier alpha value is -3.80. The van der Waals surface area contributed by atoms with E-state index in [4.69, 9.17) is 4.42 Å². The van der Waals surface area contributed by atoms with Crippen LogP contribution in [0.1, 0.15) is 5.56 Å². The number of rotatable bonds is 2. The number of hydrogen-bond acceptors (Lipinski definition) is 5. The first-order chi connectivity index (χ1) is 13.0. The molecule has 0 aliphatic heterocycles. The van der Waals surface area contributed by atoms with Gasteiger partial charge in [0, 0.05) is 12.1 Å². The number of aryl methyl sites for hydroxylation is 1. The summed E-state index contributed by atoms with van der Waals surface area (Å²) in [6.45, 7) is 1.91. The lowest BCUT2D eigenvalue weighted by atomic mass is 10.0. The highest BCUT2D eigenvalue weighted by molar-refractivity contribution is 5.93. The largest absolute Gasteiger partial charge is 0.507 e. The maximum atomic E-state index is 12.6. The van der Waals surface area contributed by atoms with Crippen LogP contribution in [-0.2, 0) is 0 Å². The number of pyridine rings is 1. The molecular weight excluding hydrogens is 346 g/mol. The molecule has 2 aromatic carbocycles. The minimum atomic E-state index is -0.818. The maximum Gasteiger partial charge on any atom is 0.348 e. The third-order valence-electron chi connectivity index (χ3n) is 4.42. The van der Waals surface area contributed by atoms with Crippen LogP contribution in [0.2, 0.25) is 0 Å². The van der Waals surface area contributed by atoms with Crippen molar-refractivity contribution in [3.63, 3.8) is 0 Å². The van der Waals surface area contributed by atoms with Crippen LogP contribution in [0.4, 0.5) is 0 Å². The Kier molecular flexibility index (Phi) is 3.81. The van der Waals surface area contributed by atoms with Gasteiger partial charge in [-0.3, -0.25) is 0 Å². The number of aromatic hydroxyl groups is 3. The second kappa shape index (κ2) is 6.17. The molecule has 4 aromatic rings. The highest BCUT2D eigenvalue weighted by Gasteiger charge is 2.29. The van der Waals surface area contributed by atoms with Crippen molar-refractivity contribution in [3.8, 4) is 34.1 Å². The molecule has 27 heavy (non-hydrogen) atoms. The third-order valence-corrected chi connectivity index (χ3v) is 4.42. The van der Waals surface area contributed by atoms with Gasteiger partial charge >= 0.3 is 5.63 Å². The Morgan fingerprint density at radius 1 is 0.852 bits per heavy atom. The normalized spacial score (nSPS) is 11.0. The molecule has 0 unspecified atom stereocenters. The molecule has 2 aromatic heterocycles. The van der Waals surface area contributed by atoms with E-state index in [0.29, 0.717) is 5.39 Å². The summed E-state index contributed by atoms with van der Waals surface area (Å²) in [5.41, 5.74) is 0.341. The van der Waals surface area contributed by atoms with Crippen LogP contribution in [0, 0.1) is 6.92 Å². The van der Waals surface area contributed by atoms with Crippen molar-refractivity contribution in [3.05, 3.63) is 76.9 Å². The SMILES string of the molecule is Cc1cc[n+](-c2c(O)ccc(O)c2-c2c(O)c3ccccc3oc2=O)cc1. The van der Waals surface area contributed by atoms with Gasteiger partial charge in [0.1, 0.15) is 28.2 Å². The topological polar surface area (TPSA) is 94.8 Å². The molecular formula is C21H16NO5+. The van der Waals surface area contributed by atoms with E-state index in [9.17, 15) is 20.1 Å². The van der Waals surface area contributed by atoms with Crippen molar-refractivity contribution in [1.82, 2.24) is 0 Å². The fourth-order valence-electron chi connectivity index (χ4n) is 3.08. The second-order valence-electron chi connectivity index (χ2n) is 6.22. The second-order valence-corrected chi connectivity index (χ2v) is 6.22. The molecule has 0 spiro atoms. The van der Waals surface area contributed by atoms with Gasteiger partial charge in [-0.25, -0.2) is 4.79 Å². The summed E-state index contributed by atoms with van der Waals surface area (Å²) in [6.07, 6.45) is 3.38. The monoisotopic (exact) mass is 362 g/mol. The zero-order valence-electron chi connectivity index (χ0n) is 14.4. The first-order valence-electron chi connectivity index (χ1n) is 8.26. The van der Waals surface area contributed by atoms with Crippen molar-refractivity contribution >= 4 is 11.0 Å². The molecule has 0 bridgehead atoms. The lowest BCUT2D eigenvalue weighted by molar-refractivity contribution is -0.595. The van der Waals surface area contributed by atoms with Crippen molar-refractivity contribution < 1.29 is 24.3 Å². The number of benzene rings is 2. The summed E-state index contributed by atoms with van der Waals surface area (Å²) in [6, 6.07) is 12.8. The van der Waals surface area contributed by atoms with Crippen molar-refractivity contribution in [2.24, 2.45) is 0 Å². The number of para-hydroxylation sites is 1. The molecule has 0 aliphatic rings. The molecule has 134 valence electrons. The Balaban J connectivity index is 2.12. The molecule has 0 saturated carbocycles.